The van der Waals surface area contributed by atoms with Crippen LogP contribution >= 0.6 is 27.7 Å². The minimum Gasteiger partial charge on any atom is -0.301 e. The fourth-order valence-electron chi connectivity index (χ4n) is 1.41. The van der Waals surface area contributed by atoms with Crippen LogP contribution in [0.5, 0.6) is 0 Å². The standard InChI is InChI=1S/C11H24BrNS/c1-4-14-10-6-9-13(11(2)3)8-5-7-12/h11H,4-10H2,1-3H3. The van der Waals surface area contributed by atoms with Crippen molar-refractivity contribution >= 4 is 27.7 Å². The van der Waals surface area contributed by atoms with Gasteiger partial charge < -0.3 is 4.90 Å². The number of rotatable bonds is 9. The molecule has 86 valence electrons. The van der Waals surface area contributed by atoms with Gasteiger partial charge in [-0.15, -0.1) is 0 Å². The number of alkyl halides is 1. The number of nitrogens with zero attached hydrogens (tertiary/aromatic N) is 1. The highest BCUT2D eigenvalue weighted by molar-refractivity contribution is 9.09. The van der Waals surface area contributed by atoms with Crippen LogP contribution in [0.1, 0.15) is 33.6 Å². The highest BCUT2D eigenvalue weighted by atomic mass is 79.9. The van der Waals surface area contributed by atoms with E-state index in [1.165, 1.54) is 37.4 Å². The molecule has 0 aromatic carbocycles. The van der Waals surface area contributed by atoms with Crippen LogP contribution in [-0.2, 0) is 0 Å². The third kappa shape index (κ3) is 8.13. The molecule has 3 heteroatoms. The Hall–Kier alpha value is 0.790. The van der Waals surface area contributed by atoms with E-state index in [1.54, 1.807) is 0 Å². The Morgan fingerprint density at radius 2 is 1.86 bits per heavy atom. The largest absolute Gasteiger partial charge is 0.301 e. The molecule has 0 heterocycles. The summed E-state index contributed by atoms with van der Waals surface area (Å²) in [5.74, 6) is 2.57. The third-order valence-electron chi connectivity index (χ3n) is 2.25. The van der Waals surface area contributed by atoms with Gasteiger partial charge in [-0.1, -0.05) is 22.9 Å². The summed E-state index contributed by atoms with van der Waals surface area (Å²) >= 11 is 5.54. The molecule has 0 aliphatic heterocycles. The summed E-state index contributed by atoms with van der Waals surface area (Å²) in [6, 6.07) is 0.695. The van der Waals surface area contributed by atoms with Gasteiger partial charge in [0.15, 0.2) is 0 Å². The van der Waals surface area contributed by atoms with Crippen LogP contribution < -0.4 is 0 Å². The van der Waals surface area contributed by atoms with Crippen molar-refractivity contribution in [1.29, 1.82) is 0 Å². The number of thioether (sulfide) groups is 1. The van der Waals surface area contributed by atoms with Crippen molar-refractivity contribution in [2.45, 2.75) is 39.7 Å². The molecule has 0 aromatic rings. The van der Waals surface area contributed by atoms with Crippen LogP contribution in [-0.4, -0.2) is 40.9 Å². The average molecular weight is 282 g/mol. The smallest absolute Gasteiger partial charge is 0.00434 e. The Bertz CT molecular complexity index is 120. The van der Waals surface area contributed by atoms with Crippen molar-refractivity contribution in [1.82, 2.24) is 4.90 Å². The van der Waals surface area contributed by atoms with Crippen molar-refractivity contribution in [2.24, 2.45) is 0 Å². The van der Waals surface area contributed by atoms with Crippen LogP contribution in [0.4, 0.5) is 0 Å². The molecule has 0 spiro atoms. The molecule has 0 unspecified atom stereocenters. The fraction of sp³-hybridized carbons (Fsp3) is 1.00. The number of hydrogen-bond acceptors (Lipinski definition) is 2. The molecule has 0 radical (unpaired) electrons. The van der Waals surface area contributed by atoms with E-state index < -0.39 is 0 Å². The van der Waals surface area contributed by atoms with E-state index in [0.29, 0.717) is 6.04 Å². The predicted molar refractivity (Wildman–Crippen MR) is 72.7 cm³/mol. The van der Waals surface area contributed by atoms with E-state index in [-0.39, 0.29) is 0 Å². The lowest BCUT2D eigenvalue weighted by Crippen LogP contribution is -2.33. The highest BCUT2D eigenvalue weighted by Gasteiger charge is 2.07. The zero-order valence-electron chi connectivity index (χ0n) is 9.76. The molecule has 0 fully saturated rings. The second-order valence-corrected chi connectivity index (χ2v) is 5.91. The van der Waals surface area contributed by atoms with Crippen LogP contribution in [0.15, 0.2) is 0 Å². The van der Waals surface area contributed by atoms with Crippen molar-refractivity contribution < 1.29 is 0 Å². The first-order valence-corrected chi connectivity index (χ1v) is 7.87. The Kier molecular flexibility index (Phi) is 10.9. The van der Waals surface area contributed by atoms with E-state index >= 15 is 0 Å². The Labute approximate surface area is 102 Å². The molecule has 0 aromatic heterocycles. The first kappa shape index (κ1) is 14.8. The minimum absolute atomic E-state index is 0.695. The normalized spacial score (nSPS) is 11.6. The third-order valence-corrected chi connectivity index (χ3v) is 3.79. The van der Waals surface area contributed by atoms with Gasteiger partial charge in [-0.2, -0.15) is 11.8 Å². The van der Waals surface area contributed by atoms with Crippen molar-refractivity contribution in [3.05, 3.63) is 0 Å². The molecular formula is C11H24BrNS. The molecular weight excluding hydrogens is 258 g/mol. The number of hydrogen-bond donors (Lipinski definition) is 0. The van der Waals surface area contributed by atoms with E-state index in [9.17, 15) is 0 Å². The first-order valence-electron chi connectivity index (χ1n) is 5.60. The molecule has 0 atom stereocenters. The molecule has 0 saturated carbocycles. The van der Waals surface area contributed by atoms with E-state index in [2.05, 4.69) is 41.6 Å². The van der Waals surface area contributed by atoms with Crippen LogP contribution in [0.2, 0.25) is 0 Å². The summed E-state index contributed by atoms with van der Waals surface area (Å²) < 4.78 is 0. The lowest BCUT2D eigenvalue weighted by molar-refractivity contribution is 0.224. The minimum atomic E-state index is 0.695. The predicted octanol–water partition coefficient (Wildman–Crippen LogP) is 3.63. The maximum atomic E-state index is 3.49. The van der Waals surface area contributed by atoms with E-state index in [1.807, 2.05) is 11.8 Å². The molecule has 0 aliphatic rings. The molecule has 0 saturated heterocycles. The van der Waals surface area contributed by atoms with Crippen molar-refractivity contribution in [2.75, 3.05) is 29.9 Å². The monoisotopic (exact) mass is 281 g/mol. The molecule has 0 aliphatic carbocycles. The molecule has 0 bridgehead atoms. The zero-order valence-corrected chi connectivity index (χ0v) is 12.2. The Morgan fingerprint density at radius 1 is 1.21 bits per heavy atom. The van der Waals surface area contributed by atoms with Gasteiger partial charge in [-0.3, -0.25) is 0 Å². The van der Waals surface area contributed by atoms with E-state index in [4.69, 9.17) is 0 Å². The maximum Gasteiger partial charge on any atom is 0.00434 e. The van der Waals surface area contributed by atoms with Crippen LogP contribution in [0.3, 0.4) is 0 Å². The van der Waals surface area contributed by atoms with Crippen molar-refractivity contribution in [3.63, 3.8) is 0 Å². The number of halogens is 1. The molecule has 0 rings (SSSR count). The Morgan fingerprint density at radius 3 is 2.36 bits per heavy atom. The zero-order chi connectivity index (χ0) is 10.8. The molecule has 14 heavy (non-hydrogen) atoms. The topological polar surface area (TPSA) is 3.24 Å². The highest BCUT2D eigenvalue weighted by Crippen LogP contribution is 2.06. The molecule has 0 amide bonds. The molecule has 1 nitrogen and oxygen atoms in total. The lowest BCUT2D eigenvalue weighted by atomic mass is 10.2. The van der Waals surface area contributed by atoms with Crippen LogP contribution in [0, 0.1) is 0 Å². The van der Waals surface area contributed by atoms with Gasteiger partial charge in [-0.25, -0.2) is 0 Å². The Balaban J connectivity index is 3.52. The van der Waals surface area contributed by atoms with Crippen molar-refractivity contribution in [3.8, 4) is 0 Å². The van der Waals surface area contributed by atoms with Gasteiger partial charge in [0.1, 0.15) is 0 Å². The van der Waals surface area contributed by atoms with Gasteiger partial charge in [-0.05, 0) is 51.3 Å². The molecule has 0 N–H and O–H groups in total. The second-order valence-electron chi connectivity index (χ2n) is 3.72. The summed E-state index contributed by atoms with van der Waals surface area (Å²) in [4.78, 5) is 2.58. The summed E-state index contributed by atoms with van der Waals surface area (Å²) in [6.07, 6.45) is 2.60. The quantitative estimate of drug-likeness (QED) is 0.469. The van der Waals surface area contributed by atoms with Gasteiger partial charge in [0.25, 0.3) is 0 Å². The van der Waals surface area contributed by atoms with Gasteiger partial charge in [0, 0.05) is 11.4 Å². The van der Waals surface area contributed by atoms with Gasteiger partial charge >= 0.3 is 0 Å². The van der Waals surface area contributed by atoms with Gasteiger partial charge in [0.05, 0.1) is 0 Å². The average Bonchev–Trinajstić information content (AvgIpc) is 2.16. The maximum absolute atomic E-state index is 3.49. The lowest BCUT2D eigenvalue weighted by Gasteiger charge is -2.26. The SMILES string of the molecule is CCSCCCN(CCCBr)C(C)C. The second kappa shape index (κ2) is 10.3. The van der Waals surface area contributed by atoms with Crippen LogP contribution in [0.25, 0.3) is 0 Å². The first-order chi connectivity index (χ1) is 6.72. The summed E-state index contributed by atoms with van der Waals surface area (Å²) in [7, 11) is 0. The fourth-order valence-corrected chi connectivity index (χ4v) is 2.28. The summed E-state index contributed by atoms with van der Waals surface area (Å²) in [6.45, 7) is 9.31. The van der Waals surface area contributed by atoms with Gasteiger partial charge in [0.2, 0.25) is 0 Å². The van der Waals surface area contributed by atoms with E-state index in [0.717, 1.165) is 5.33 Å². The summed E-state index contributed by atoms with van der Waals surface area (Å²) in [5, 5.41) is 1.12. The summed E-state index contributed by atoms with van der Waals surface area (Å²) in [5.41, 5.74) is 0.